The molecule has 0 aliphatic carbocycles. The fourth-order valence-corrected chi connectivity index (χ4v) is 3.77. The van der Waals surface area contributed by atoms with E-state index in [-0.39, 0.29) is 46.0 Å². The van der Waals surface area contributed by atoms with Crippen molar-refractivity contribution in [2.24, 2.45) is 10.2 Å². The summed E-state index contributed by atoms with van der Waals surface area (Å²) in [6.07, 6.45) is 3.34. The smallest absolute Gasteiger partial charge is 0.433 e. The maximum absolute atomic E-state index is 12.9. The quantitative estimate of drug-likeness (QED) is 0.164. The van der Waals surface area contributed by atoms with E-state index in [0.29, 0.717) is 12.8 Å². The van der Waals surface area contributed by atoms with Gasteiger partial charge in [0.2, 0.25) is 0 Å². The van der Waals surface area contributed by atoms with Gasteiger partial charge in [-0.1, -0.05) is 13.8 Å². The first-order chi connectivity index (χ1) is 18.7. The maximum Gasteiger partial charge on any atom is 0.433 e. The normalized spacial score (nSPS) is 11.1. The van der Waals surface area contributed by atoms with Crippen LogP contribution in [0.1, 0.15) is 57.6 Å². The summed E-state index contributed by atoms with van der Waals surface area (Å²) in [4.78, 5) is 45.9. The van der Waals surface area contributed by atoms with Crippen molar-refractivity contribution in [2.75, 3.05) is 13.2 Å². The highest BCUT2D eigenvalue weighted by Crippen LogP contribution is 2.42. The summed E-state index contributed by atoms with van der Waals surface area (Å²) in [7, 11) is 0. The molecule has 3 rings (SSSR count). The van der Waals surface area contributed by atoms with Crippen molar-refractivity contribution in [3.8, 4) is 11.5 Å². The van der Waals surface area contributed by atoms with Crippen LogP contribution in [0.5, 0.6) is 11.5 Å². The number of hydrazone groups is 2. The number of carbonyl (C=O) groups excluding carboxylic acids is 2. The number of nitro groups is 2. The Kier molecular flexibility index (Phi) is 9.85. The summed E-state index contributed by atoms with van der Waals surface area (Å²) in [5.41, 5.74) is 4.52. The van der Waals surface area contributed by atoms with Crippen molar-refractivity contribution in [1.29, 1.82) is 0 Å². The predicted octanol–water partition coefficient (Wildman–Crippen LogP) is 3.86. The Labute approximate surface area is 223 Å². The lowest BCUT2D eigenvalue weighted by atomic mass is 10.3. The van der Waals surface area contributed by atoms with Crippen LogP contribution in [0.15, 0.2) is 43.3 Å². The molecule has 0 saturated carbocycles. The van der Waals surface area contributed by atoms with Gasteiger partial charge in [0.15, 0.2) is 23.0 Å². The first-order valence-corrected chi connectivity index (χ1v) is 12.1. The number of furan rings is 2. The van der Waals surface area contributed by atoms with Gasteiger partial charge in [-0.05, 0) is 25.0 Å². The van der Waals surface area contributed by atoms with Gasteiger partial charge in [0, 0.05) is 0 Å². The van der Waals surface area contributed by atoms with Crippen molar-refractivity contribution in [3.63, 3.8) is 0 Å². The molecule has 0 atom stereocenters. The summed E-state index contributed by atoms with van der Waals surface area (Å²) in [5.74, 6) is -2.33. The van der Waals surface area contributed by atoms with Gasteiger partial charge < -0.3 is 18.3 Å². The molecule has 0 radical (unpaired) electrons. The Morgan fingerprint density at radius 2 is 1.26 bits per heavy atom. The van der Waals surface area contributed by atoms with E-state index >= 15 is 0 Å². The molecule has 0 aliphatic heterocycles. The second-order valence-electron chi connectivity index (χ2n) is 7.38. The van der Waals surface area contributed by atoms with Gasteiger partial charge in [-0.15, -0.1) is 11.3 Å². The van der Waals surface area contributed by atoms with Crippen molar-refractivity contribution in [3.05, 3.63) is 65.8 Å². The van der Waals surface area contributed by atoms with Crippen LogP contribution in [-0.2, 0) is 0 Å². The lowest BCUT2D eigenvalue weighted by Crippen LogP contribution is -2.17. The van der Waals surface area contributed by atoms with E-state index in [9.17, 15) is 29.8 Å². The summed E-state index contributed by atoms with van der Waals surface area (Å²) in [6, 6.07) is 4.87. The molecule has 206 valence electrons. The van der Waals surface area contributed by atoms with Gasteiger partial charge in [0.05, 0.1) is 37.8 Å². The fourth-order valence-electron chi connectivity index (χ4n) is 2.80. The van der Waals surface area contributed by atoms with Gasteiger partial charge in [-0.2, -0.15) is 10.2 Å². The van der Waals surface area contributed by atoms with Crippen LogP contribution in [0.25, 0.3) is 0 Å². The zero-order chi connectivity index (χ0) is 28.4. The predicted molar refractivity (Wildman–Crippen MR) is 137 cm³/mol. The van der Waals surface area contributed by atoms with E-state index in [0.717, 1.165) is 35.9 Å². The zero-order valence-electron chi connectivity index (χ0n) is 20.6. The number of thiophene rings is 1. The molecule has 3 aromatic rings. The zero-order valence-corrected chi connectivity index (χ0v) is 21.4. The molecule has 17 heteroatoms. The Morgan fingerprint density at radius 3 is 1.59 bits per heavy atom. The van der Waals surface area contributed by atoms with Gasteiger partial charge in [-0.3, -0.25) is 29.8 Å². The molecule has 0 aliphatic rings. The largest absolute Gasteiger partial charge is 0.488 e. The van der Waals surface area contributed by atoms with E-state index in [1.807, 2.05) is 13.8 Å². The minimum absolute atomic E-state index is 0.0204. The third-order valence-electron chi connectivity index (χ3n) is 4.44. The molecule has 3 aromatic heterocycles. The molecule has 2 N–H and O–H groups in total. The average Bonchev–Trinajstić information content (AvgIpc) is 3.65. The van der Waals surface area contributed by atoms with Crippen LogP contribution in [0.2, 0.25) is 0 Å². The number of nitrogens with zero attached hydrogens (tertiary/aromatic N) is 4. The third-order valence-corrected chi connectivity index (χ3v) is 5.59. The van der Waals surface area contributed by atoms with Crippen LogP contribution in [0.4, 0.5) is 11.8 Å². The van der Waals surface area contributed by atoms with Crippen molar-refractivity contribution in [2.45, 2.75) is 26.7 Å². The van der Waals surface area contributed by atoms with Crippen LogP contribution in [0, 0.1) is 20.2 Å². The van der Waals surface area contributed by atoms with Crippen LogP contribution >= 0.6 is 11.3 Å². The summed E-state index contributed by atoms with van der Waals surface area (Å²) in [6.45, 7) is 4.14. The second kappa shape index (κ2) is 13.5. The highest BCUT2D eigenvalue weighted by atomic mass is 32.1. The standard InChI is InChI=1S/C22H22N6O10S/c1-3-9-35-17-18(36-10-4-2)20(22(30)26-24-12-14-6-8-16(38-14)28(33)34)39-19(17)21(29)25-23-11-13-5-7-15(37-13)27(31)32/h5-8,11-12H,3-4,9-10H2,1-2H3,(H,25,29)(H,26,30)/b23-11-,24-12+. The summed E-state index contributed by atoms with van der Waals surface area (Å²) < 4.78 is 21.4. The van der Waals surface area contributed by atoms with E-state index in [2.05, 4.69) is 21.1 Å². The highest BCUT2D eigenvalue weighted by Gasteiger charge is 2.29. The number of amides is 2. The van der Waals surface area contributed by atoms with E-state index in [4.69, 9.17) is 18.3 Å². The molecule has 0 spiro atoms. The topological polar surface area (TPSA) is 214 Å². The molecule has 0 saturated heterocycles. The number of hydrogen-bond donors (Lipinski definition) is 2. The Morgan fingerprint density at radius 1 is 0.846 bits per heavy atom. The first kappa shape index (κ1) is 28.5. The van der Waals surface area contributed by atoms with Crippen molar-refractivity contribution in [1.82, 2.24) is 10.9 Å². The molecule has 3 heterocycles. The second-order valence-corrected chi connectivity index (χ2v) is 8.40. The Hall–Kier alpha value is -5.06. The molecule has 16 nitrogen and oxygen atoms in total. The van der Waals surface area contributed by atoms with Gasteiger partial charge in [-0.25, -0.2) is 10.9 Å². The maximum atomic E-state index is 12.9. The monoisotopic (exact) mass is 562 g/mol. The molecule has 0 fully saturated rings. The Balaban J connectivity index is 1.83. The van der Waals surface area contributed by atoms with Gasteiger partial charge in [0.1, 0.15) is 19.6 Å². The lowest BCUT2D eigenvalue weighted by Gasteiger charge is -2.10. The molecular formula is C22H22N6O10S. The van der Waals surface area contributed by atoms with E-state index in [1.165, 1.54) is 12.1 Å². The minimum atomic E-state index is -0.741. The van der Waals surface area contributed by atoms with Gasteiger partial charge >= 0.3 is 11.8 Å². The molecule has 0 unspecified atom stereocenters. The number of nitrogens with one attached hydrogen (secondary N) is 2. The summed E-state index contributed by atoms with van der Waals surface area (Å²) in [5, 5.41) is 29.0. The Bertz CT molecular complexity index is 1300. The molecular weight excluding hydrogens is 540 g/mol. The third kappa shape index (κ3) is 7.48. The molecule has 0 aromatic carbocycles. The van der Waals surface area contributed by atoms with E-state index in [1.54, 1.807) is 0 Å². The molecule has 39 heavy (non-hydrogen) atoms. The van der Waals surface area contributed by atoms with Crippen LogP contribution in [-0.4, -0.2) is 47.3 Å². The lowest BCUT2D eigenvalue weighted by molar-refractivity contribution is -0.402. The number of rotatable bonds is 14. The number of hydrogen-bond acceptors (Lipinski definition) is 13. The highest BCUT2D eigenvalue weighted by molar-refractivity contribution is 7.16. The number of carbonyl (C=O) groups is 2. The fraction of sp³-hybridized carbons (Fsp3) is 0.273. The first-order valence-electron chi connectivity index (χ1n) is 11.3. The van der Waals surface area contributed by atoms with Gasteiger partial charge in [0.25, 0.3) is 11.8 Å². The molecule has 2 amide bonds. The van der Waals surface area contributed by atoms with Crippen LogP contribution < -0.4 is 20.3 Å². The summed E-state index contributed by atoms with van der Waals surface area (Å²) >= 11 is 0.764. The average molecular weight is 563 g/mol. The van der Waals surface area contributed by atoms with Crippen LogP contribution in [0.3, 0.4) is 0 Å². The SMILES string of the molecule is CCCOc1c(C(=O)N/N=C\c2ccc([N+](=O)[O-])o2)sc(C(=O)N/N=C/c2ccc([N+](=O)[O-])o2)c1OCCC. The van der Waals surface area contributed by atoms with Crippen molar-refractivity contribution >= 4 is 47.3 Å². The number of ether oxygens (including phenoxy) is 2. The van der Waals surface area contributed by atoms with Crippen molar-refractivity contribution < 1.29 is 37.7 Å². The minimum Gasteiger partial charge on any atom is -0.488 e. The molecule has 0 bridgehead atoms. The van der Waals surface area contributed by atoms with E-state index < -0.39 is 33.4 Å².